The van der Waals surface area contributed by atoms with E-state index >= 15 is 0 Å². The molecule has 0 aliphatic carbocycles. The first-order chi connectivity index (χ1) is 9.60. The van der Waals surface area contributed by atoms with Crippen LogP contribution in [0.3, 0.4) is 0 Å². The molecule has 0 bridgehead atoms. The zero-order valence-corrected chi connectivity index (χ0v) is 11.6. The van der Waals surface area contributed by atoms with Gasteiger partial charge >= 0.3 is 5.97 Å². The Hall–Kier alpha value is -2.28. The van der Waals surface area contributed by atoms with Crippen LogP contribution in [0.4, 0.5) is 5.13 Å². The first-order valence-corrected chi connectivity index (χ1v) is 6.76. The Morgan fingerprint density at radius 3 is 2.45 bits per heavy atom. The largest absolute Gasteiger partial charge is 0.494 e. The lowest BCUT2D eigenvalue weighted by Gasteiger charge is -2.06. The highest BCUT2D eigenvalue weighted by atomic mass is 32.1. The number of rotatable bonds is 6. The second-order valence-electron chi connectivity index (χ2n) is 3.83. The molecule has 0 saturated carbocycles. The van der Waals surface area contributed by atoms with Gasteiger partial charge in [-0.15, -0.1) is 0 Å². The summed E-state index contributed by atoms with van der Waals surface area (Å²) in [6.07, 6.45) is 0. The molecule has 0 aliphatic heterocycles. The van der Waals surface area contributed by atoms with Crippen molar-refractivity contribution in [1.29, 1.82) is 0 Å². The summed E-state index contributed by atoms with van der Waals surface area (Å²) in [6.45, 7) is 2.56. The van der Waals surface area contributed by atoms with Gasteiger partial charge in [0.1, 0.15) is 28.7 Å². The third-order valence-electron chi connectivity index (χ3n) is 2.42. The van der Waals surface area contributed by atoms with E-state index in [9.17, 15) is 4.79 Å². The van der Waals surface area contributed by atoms with Crippen molar-refractivity contribution in [2.45, 2.75) is 13.5 Å². The average Bonchev–Trinajstić information content (AvgIpc) is 2.80. The lowest BCUT2D eigenvalue weighted by Crippen LogP contribution is -2.03. The molecule has 0 atom stereocenters. The standard InChI is InChI=1S/C13H14N2O4S/c1-2-18-8-3-5-9(6-4-8)19-7-10-11(12(16)17)20-13(14)15-10/h3-6H,2,7H2,1H3,(H2,14,15)(H,16,17). The number of carboxylic acids is 1. The third kappa shape index (κ3) is 3.39. The normalized spacial score (nSPS) is 10.2. The molecule has 0 spiro atoms. The van der Waals surface area contributed by atoms with Gasteiger partial charge in [-0.05, 0) is 31.2 Å². The molecule has 1 aromatic carbocycles. The molecule has 106 valence electrons. The van der Waals surface area contributed by atoms with Gasteiger partial charge in [-0.25, -0.2) is 9.78 Å². The van der Waals surface area contributed by atoms with Crippen molar-refractivity contribution in [3.63, 3.8) is 0 Å². The molecule has 7 heteroatoms. The molecule has 0 aliphatic rings. The number of carbonyl (C=O) groups is 1. The third-order valence-corrected chi connectivity index (χ3v) is 3.33. The monoisotopic (exact) mass is 294 g/mol. The predicted molar refractivity (Wildman–Crippen MR) is 75.4 cm³/mol. The fourth-order valence-corrected chi connectivity index (χ4v) is 2.26. The number of hydrogen-bond acceptors (Lipinski definition) is 6. The van der Waals surface area contributed by atoms with Crippen molar-refractivity contribution in [2.24, 2.45) is 0 Å². The van der Waals surface area contributed by atoms with Crippen LogP contribution in [-0.4, -0.2) is 22.7 Å². The lowest BCUT2D eigenvalue weighted by molar-refractivity contribution is 0.0699. The number of nitrogen functional groups attached to an aromatic ring is 1. The van der Waals surface area contributed by atoms with Gasteiger partial charge in [-0.2, -0.15) is 0 Å². The van der Waals surface area contributed by atoms with Crippen molar-refractivity contribution < 1.29 is 19.4 Å². The molecule has 20 heavy (non-hydrogen) atoms. The maximum atomic E-state index is 11.0. The summed E-state index contributed by atoms with van der Waals surface area (Å²) in [6, 6.07) is 7.07. The van der Waals surface area contributed by atoms with Crippen LogP contribution in [0.25, 0.3) is 0 Å². The summed E-state index contributed by atoms with van der Waals surface area (Å²) in [4.78, 5) is 15.1. The van der Waals surface area contributed by atoms with Gasteiger partial charge in [0.2, 0.25) is 0 Å². The number of benzene rings is 1. The fraction of sp³-hybridized carbons (Fsp3) is 0.231. The Labute approximate surface area is 119 Å². The molecule has 1 heterocycles. The molecular formula is C13H14N2O4S. The van der Waals surface area contributed by atoms with E-state index in [0.717, 1.165) is 17.1 Å². The number of carboxylic acid groups (broad SMARTS) is 1. The van der Waals surface area contributed by atoms with Gasteiger partial charge in [-0.1, -0.05) is 11.3 Å². The van der Waals surface area contributed by atoms with Crippen LogP contribution in [0.2, 0.25) is 0 Å². The summed E-state index contributed by atoms with van der Waals surface area (Å²) in [7, 11) is 0. The molecule has 0 amide bonds. The molecule has 0 radical (unpaired) electrons. The van der Waals surface area contributed by atoms with Gasteiger partial charge in [0.15, 0.2) is 5.13 Å². The zero-order valence-electron chi connectivity index (χ0n) is 10.8. The second kappa shape index (κ2) is 6.25. The maximum absolute atomic E-state index is 11.0. The topological polar surface area (TPSA) is 94.7 Å². The van der Waals surface area contributed by atoms with E-state index in [4.69, 9.17) is 20.3 Å². The van der Waals surface area contributed by atoms with E-state index < -0.39 is 5.97 Å². The number of hydrogen-bond donors (Lipinski definition) is 2. The van der Waals surface area contributed by atoms with E-state index in [1.54, 1.807) is 24.3 Å². The smallest absolute Gasteiger partial charge is 0.348 e. The van der Waals surface area contributed by atoms with Crippen molar-refractivity contribution in [3.05, 3.63) is 34.8 Å². The molecule has 0 unspecified atom stereocenters. The molecular weight excluding hydrogens is 280 g/mol. The van der Waals surface area contributed by atoms with Gasteiger partial charge in [-0.3, -0.25) is 0 Å². The Kier molecular flexibility index (Phi) is 4.41. The predicted octanol–water partition coefficient (Wildman–Crippen LogP) is 2.40. The SMILES string of the molecule is CCOc1ccc(OCc2nc(N)sc2C(=O)O)cc1. The Morgan fingerprint density at radius 2 is 1.90 bits per heavy atom. The van der Waals surface area contributed by atoms with Crippen LogP contribution in [0, 0.1) is 0 Å². The van der Waals surface area contributed by atoms with Gasteiger partial charge < -0.3 is 20.3 Å². The van der Waals surface area contributed by atoms with E-state index in [0.29, 0.717) is 18.1 Å². The number of aromatic carboxylic acids is 1. The molecule has 6 nitrogen and oxygen atoms in total. The number of anilines is 1. The Balaban J connectivity index is 2.03. The first kappa shape index (κ1) is 14.1. The highest BCUT2D eigenvalue weighted by Gasteiger charge is 2.16. The van der Waals surface area contributed by atoms with Gasteiger partial charge in [0.25, 0.3) is 0 Å². The number of thiazole rings is 1. The summed E-state index contributed by atoms with van der Waals surface area (Å²) in [5, 5.41) is 9.23. The minimum absolute atomic E-state index is 0.0588. The number of ether oxygens (including phenoxy) is 2. The summed E-state index contributed by atoms with van der Waals surface area (Å²) in [5.74, 6) is 0.310. The Morgan fingerprint density at radius 1 is 1.30 bits per heavy atom. The first-order valence-electron chi connectivity index (χ1n) is 5.94. The zero-order chi connectivity index (χ0) is 14.5. The second-order valence-corrected chi connectivity index (χ2v) is 4.86. The molecule has 0 fully saturated rings. The molecule has 2 aromatic rings. The number of nitrogens with zero attached hydrogens (tertiary/aromatic N) is 1. The highest BCUT2D eigenvalue weighted by Crippen LogP contribution is 2.23. The van der Waals surface area contributed by atoms with Crippen molar-refractivity contribution in [3.8, 4) is 11.5 Å². The van der Waals surface area contributed by atoms with E-state index in [-0.39, 0.29) is 16.6 Å². The maximum Gasteiger partial charge on any atom is 0.348 e. The Bertz CT molecular complexity index is 595. The van der Waals surface area contributed by atoms with Crippen LogP contribution in [0.1, 0.15) is 22.3 Å². The van der Waals surface area contributed by atoms with E-state index in [1.807, 2.05) is 6.92 Å². The van der Waals surface area contributed by atoms with Crippen LogP contribution >= 0.6 is 11.3 Å². The molecule has 3 N–H and O–H groups in total. The van der Waals surface area contributed by atoms with Gasteiger partial charge in [0, 0.05) is 0 Å². The molecule has 2 rings (SSSR count). The number of aromatic nitrogens is 1. The fourth-order valence-electron chi connectivity index (χ4n) is 1.59. The highest BCUT2D eigenvalue weighted by molar-refractivity contribution is 7.17. The lowest BCUT2D eigenvalue weighted by atomic mass is 10.3. The quantitative estimate of drug-likeness (QED) is 0.849. The van der Waals surface area contributed by atoms with Crippen LogP contribution in [-0.2, 0) is 6.61 Å². The average molecular weight is 294 g/mol. The molecule has 1 aromatic heterocycles. The van der Waals surface area contributed by atoms with Crippen LogP contribution in [0.5, 0.6) is 11.5 Å². The number of nitrogens with two attached hydrogens (primary N) is 1. The van der Waals surface area contributed by atoms with Crippen LogP contribution in [0.15, 0.2) is 24.3 Å². The van der Waals surface area contributed by atoms with Crippen LogP contribution < -0.4 is 15.2 Å². The van der Waals surface area contributed by atoms with Crippen molar-refractivity contribution in [1.82, 2.24) is 4.98 Å². The van der Waals surface area contributed by atoms with Crippen molar-refractivity contribution >= 4 is 22.4 Å². The summed E-state index contributed by atoms with van der Waals surface area (Å²) in [5.41, 5.74) is 5.84. The molecule has 0 saturated heterocycles. The summed E-state index contributed by atoms with van der Waals surface area (Å²) >= 11 is 0.934. The van der Waals surface area contributed by atoms with Gasteiger partial charge in [0.05, 0.1) is 6.61 Å². The van der Waals surface area contributed by atoms with Crippen molar-refractivity contribution in [2.75, 3.05) is 12.3 Å². The minimum Gasteiger partial charge on any atom is -0.494 e. The minimum atomic E-state index is -1.05. The van der Waals surface area contributed by atoms with E-state index in [1.165, 1.54) is 0 Å². The summed E-state index contributed by atoms with van der Waals surface area (Å²) < 4.78 is 10.8. The van der Waals surface area contributed by atoms with E-state index in [2.05, 4.69) is 4.98 Å².